The Morgan fingerprint density at radius 2 is 2.25 bits per heavy atom. The van der Waals surface area contributed by atoms with Crippen LogP contribution in [0.15, 0.2) is 12.4 Å². The minimum Gasteiger partial charge on any atom is -0.479 e. The molecule has 7 heteroatoms. The van der Waals surface area contributed by atoms with Crippen molar-refractivity contribution in [2.24, 2.45) is 0 Å². The number of nitrogens with zero attached hydrogens (tertiary/aromatic N) is 3. The number of ether oxygens (including phenoxy) is 2. The van der Waals surface area contributed by atoms with Crippen molar-refractivity contribution >= 4 is 23.1 Å². The van der Waals surface area contributed by atoms with E-state index in [4.69, 9.17) is 16.3 Å². The lowest BCUT2D eigenvalue weighted by molar-refractivity contribution is 0.0602. The number of halogens is 1. The van der Waals surface area contributed by atoms with Crippen molar-refractivity contribution in [3.8, 4) is 5.88 Å². The summed E-state index contributed by atoms with van der Waals surface area (Å²) in [7, 11) is 2.73. The van der Waals surface area contributed by atoms with Gasteiger partial charge in [-0.15, -0.1) is 0 Å². The van der Waals surface area contributed by atoms with Gasteiger partial charge in [0.15, 0.2) is 5.15 Å². The van der Waals surface area contributed by atoms with E-state index in [1.165, 1.54) is 31.1 Å². The topological polar surface area (TPSA) is 65.7 Å². The Kier molecular flexibility index (Phi) is 2.66. The Labute approximate surface area is 95.7 Å². The summed E-state index contributed by atoms with van der Waals surface area (Å²) in [6.07, 6.45) is 2.85. The van der Waals surface area contributed by atoms with Crippen LogP contribution in [0, 0.1) is 0 Å². The van der Waals surface area contributed by atoms with Crippen molar-refractivity contribution in [1.82, 2.24) is 14.6 Å². The van der Waals surface area contributed by atoms with Crippen LogP contribution in [0.2, 0.25) is 5.15 Å². The first kappa shape index (κ1) is 10.7. The highest BCUT2D eigenvalue weighted by Gasteiger charge is 2.18. The van der Waals surface area contributed by atoms with Crippen molar-refractivity contribution in [2.75, 3.05) is 14.2 Å². The summed E-state index contributed by atoms with van der Waals surface area (Å²) in [6, 6.07) is 0. The summed E-state index contributed by atoms with van der Waals surface area (Å²) >= 11 is 5.76. The summed E-state index contributed by atoms with van der Waals surface area (Å²) in [5.41, 5.74) is 0.710. The predicted octanol–water partition coefficient (Wildman–Crippen LogP) is 1.18. The SMILES string of the molecule is COC(=O)c1cnn2cc(Cl)nc(OC)c12. The highest BCUT2D eigenvalue weighted by molar-refractivity contribution is 6.29. The maximum absolute atomic E-state index is 11.4. The van der Waals surface area contributed by atoms with E-state index in [1.807, 2.05) is 0 Å². The van der Waals surface area contributed by atoms with Crippen LogP contribution in [0.4, 0.5) is 0 Å². The molecule has 0 spiro atoms. The quantitative estimate of drug-likeness (QED) is 0.739. The van der Waals surface area contributed by atoms with E-state index >= 15 is 0 Å². The monoisotopic (exact) mass is 241 g/mol. The molecular weight excluding hydrogens is 234 g/mol. The zero-order valence-corrected chi connectivity index (χ0v) is 9.35. The van der Waals surface area contributed by atoms with Crippen LogP contribution in [0.5, 0.6) is 5.88 Å². The maximum Gasteiger partial charge on any atom is 0.341 e. The number of carbonyl (C=O) groups is 1. The summed E-state index contributed by atoms with van der Waals surface area (Å²) in [5.74, 6) is -0.275. The Hall–Kier alpha value is -1.82. The molecule has 0 aliphatic heterocycles. The number of esters is 1. The molecule has 2 aromatic heterocycles. The fourth-order valence-corrected chi connectivity index (χ4v) is 1.52. The maximum atomic E-state index is 11.4. The number of methoxy groups -OCH3 is 2. The Balaban J connectivity index is 2.74. The minimum absolute atomic E-state index is 0.226. The first-order chi connectivity index (χ1) is 7.67. The van der Waals surface area contributed by atoms with Gasteiger partial charge in [0.1, 0.15) is 11.1 Å². The molecular formula is C9H8ClN3O3. The van der Waals surface area contributed by atoms with E-state index in [-0.39, 0.29) is 16.6 Å². The minimum atomic E-state index is -0.502. The van der Waals surface area contributed by atoms with Crippen LogP contribution in [-0.2, 0) is 4.74 Å². The highest BCUT2D eigenvalue weighted by atomic mass is 35.5. The molecule has 6 nitrogen and oxygen atoms in total. The van der Waals surface area contributed by atoms with Gasteiger partial charge in [0, 0.05) is 0 Å². The molecule has 0 atom stereocenters. The van der Waals surface area contributed by atoms with Crippen molar-refractivity contribution in [3.63, 3.8) is 0 Å². The summed E-state index contributed by atoms with van der Waals surface area (Å²) in [4.78, 5) is 15.4. The Morgan fingerprint density at radius 3 is 2.88 bits per heavy atom. The molecule has 0 aliphatic carbocycles. The van der Waals surface area contributed by atoms with E-state index in [0.717, 1.165) is 0 Å². The number of aromatic nitrogens is 3. The number of carbonyl (C=O) groups excluding carboxylic acids is 1. The van der Waals surface area contributed by atoms with Gasteiger partial charge in [-0.05, 0) is 0 Å². The number of rotatable bonds is 2. The van der Waals surface area contributed by atoms with E-state index in [9.17, 15) is 4.79 Å². The molecule has 0 N–H and O–H groups in total. The fourth-order valence-electron chi connectivity index (χ4n) is 1.35. The van der Waals surface area contributed by atoms with Crippen molar-refractivity contribution in [1.29, 1.82) is 0 Å². The van der Waals surface area contributed by atoms with Crippen LogP contribution >= 0.6 is 11.6 Å². The lowest BCUT2D eigenvalue weighted by atomic mass is 10.3. The normalized spacial score (nSPS) is 10.4. The van der Waals surface area contributed by atoms with Gasteiger partial charge in [-0.3, -0.25) is 0 Å². The third-order valence-electron chi connectivity index (χ3n) is 2.03. The molecule has 0 aromatic carbocycles. The Morgan fingerprint density at radius 1 is 1.50 bits per heavy atom. The van der Waals surface area contributed by atoms with Gasteiger partial charge in [-0.25, -0.2) is 9.31 Å². The Bertz CT molecular complexity index is 552. The molecule has 0 saturated carbocycles. The van der Waals surface area contributed by atoms with Crippen molar-refractivity contribution < 1.29 is 14.3 Å². The average Bonchev–Trinajstić information content (AvgIpc) is 2.70. The third kappa shape index (κ3) is 1.57. The van der Waals surface area contributed by atoms with E-state index in [0.29, 0.717) is 5.52 Å². The number of hydrogen-bond donors (Lipinski definition) is 0. The third-order valence-corrected chi connectivity index (χ3v) is 2.22. The zero-order valence-electron chi connectivity index (χ0n) is 8.60. The number of fused-ring (bicyclic) bond motifs is 1. The second kappa shape index (κ2) is 3.97. The van der Waals surface area contributed by atoms with Gasteiger partial charge in [-0.2, -0.15) is 10.1 Å². The van der Waals surface area contributed by atoms with Gasteiger partial charge >= 0.3 is 5.97 Å². The fraction of sp³-hybridized carbons (Fsp3) is 0.222. The molecule has 84 valence electrons. The van der Waals surface area contributed by atoms with Gasteiger partial charge < -0.3 is 9.47 Å². The van der Waals surface area contributed by atoms with Crippen LogP contribution in [0.3, 0.4) is 0 Å². The standard InChI is InChI=1S/C9H8ClN3O3/c1-15-8-7-5(9(14)16-2)3-11-13(7)4-6(10)12-8/h3-4H,1-2H3. The molecule has 0 aliphatic rings. The second-order valence-electron chi connectivity index (χ2n) is 2.92. The first-order valence-electron chi connectivity index (χ1n) is 4.33. The molecule has 2 heterocycles. The lowest BCUT2D eigenvalue weighted by Crippen LogP contribution is -2.03. The molecule has 0 amide bonds. The van der Waals surface area contributed by atoms with Crippen molar-refractivity contribution in [3.05, 3.63) is 23.1 Å². The molecule has 16 heavy (non-hydrogen) atoms. The molecule has 0 radical (unpaired) electrons. The van der Waals surface area contributed by atoms with E-state index in [2.05, 4.69) is 14.8 Å². The number of hydrogen-bond acceptors (Lipinski definition) is 5. The summed E-state index contributed by atoms with van der Waals surface area (Å²) < 4.78 is 11.1. The average molecular weight is 242 g/mol. The van der Waals surface area contributed by atoms with Crippen molar-refractivity contribution in [2.45, 2.75) is 0 Å². The largest absolute Gasteiger partial charge is 0.479 e. The molecule has 0 saturated heterocycles. The first-order valence-corrected chi connectivity index (χ1v) is 4.71. The van der Waals surface area contributed by atoms with E-state index < -0.39 is 5.97 Å². The molecule has 0 fully saturated rings. The van der Waals surface area contributed by atoms with Gasteiger partial charge in [0.05, 0.1) is 26.6 Å². The summed E-state index contributed by atoms with van der Waals surface area (Å²) in [5, 5.41) is 4.19. The second-order valence-corrected chi connectivity index (χ2v) is 3.30. The molecule has 0 bridgehead atoms. The smallest absolute Gasteiger partial charge is 0.341 e. The van der Waals surface area contributed by atoms with Gasteiger partial charge in [-0.1, -0.05) is 11.6 Å². The van der Waals surface area contributed by atoms with Crippen LogP contribution in [0.1, 0.15) is 10.4 Å². The van der Waals surface area contributed by atoms with Crippen LogP contribution < -0.4 is 4.74 Å². The summed E-state index contributed by atoms with van der Waals surface area (Å²) in [6.45, 7) is 0. The van der Waals surface area contributed by atoms with Crippen LogP contribution in [-0.4, -0.2) is 34.8 Å². The van der Waals surface area contributed by atoms with Gasteiger partial charge in [0.25, 0.3) is 0 Å². The zero-order chi connectivity index (χ0) is 11.7. The van der Waals surface area contributed by atoms with Gasteiger partial charge in [0.2, 0.25) is 5.88 Å². The predicted molar refractivity (Wildman–Crippen MR) is 55.9 cm³/mol. The van der Waals surface area contributed by atoms with E-state index in [1.54, 1.807) is 0 Å². The highest BCUT2D eigenvalue weighted by Crippen LogP contribution is 2.23. The molecule has 2 rings (SSSR count). The molecule has 0 unspecified atom stereocenters. The molecule has 2 aromatic rings. The lowest BCUT2D eigenvalue weighted by Gasteiger charge is -2.03. The van der Waals surface area contributed by atoms with Crippen LogP contribution in [0.25, 0.3) is 5.52 Å².